The number of nitrogens with one attached hydrogen (secondary N) is 1. The van der Waals surface area contributed by atoms with E-state index in [4.69, 9.17) is 4.74 Å². The fraction of sp³-hybridized carbons (Fsp3) is 0.235. The maximum absolute atomic E-state index is 12.1. The third kappa shape index (κ3) is 5.83. The molecule has 0 bridgehead atoms. The van der Waals surface area contributed by atoms with E-state index in [9.17, 15) is 18.0 Å². The molecule has 2 aromatic rings. The predicted octanol–water partition coefficient (Wildman–Crippen LogP) is 4.17. The SMILES string of the molecule is COc1ccc(CCC(=O)Nc2ccc(OC(F)(F)F)cc2)cc1. The second-order valence-corrected chi connectivity index (χ2v) is 4.97. The van der Waals surface area contributed by atoms with Crippen molar-refractivity contribution in [1.82, 2.24) is 0 Å². The van der Waals surface area contributed by atoms with Gasteiger partial charge in [0.15, 0.2) is 0 Å². The number of aryl methyl sites for hydroxylation is 1. The second-order valence-electron chi connectivity index (χ2n) is 4.97. The lowest BCUT2D eigenvalue weighted by Gasteiger charge is -2.10. The first-order valence-electron chi connectivity index (χ1n) is 7.14. The van der Waals surface area contributed by atoms with Crippen LogP contribution in [0, 0.1) is 0 Å². The van der Waals surface area contributed by atoms with Gasteiger partial charge < -0.3 is 14.8 Å². The summed E-state index contributed by atoms with van der Waals surface area (Å²) in [6, 6.07) is 12.4. The minimum absolute atomic E-state index is 0.227. The highest BCUT2D eigenvalue weighted by atomic mass is 19.4. The fourth-order valence-electron chi connectivity index (χ4n) is 2.01. The normalized spacial score (nSPS) is 11.0. The van der Waals surface area contributed by atoms with Crippen molar-refractivity contribution >= 4 is 11.6 Å². The van der Waals surface area contributed by atoms with E-state index in [1.807, 2.05) is 24.3 Å². The molecule has 0 aliphatic carbocycles. The Morgan fingerprint density at radius 2 is 1.58 bits per heavy atom. The summed E-state index contributed by atoms with van der Waals surface area (Å²) in [6.07, 6.45) is -3.93. The average molecular weight is 339 g/mol. The molecule has 2 rings (SSSR count). The third-order valence-corrected chi connectivity index (χ3v) is 3.17. The summed E-state index contributed by atoms with van der Waals surface area (Å²) in [6.45, 7) is 0. The zero-order valence-electron chi connectivity index (χ0n) is 12.9. The van der Waals surface area contributed by atoms with E-state index < -0.39 is 6.36 Å². The van der Waals surface area contributed by atoms with Gasteiger partial charge in [0.05, 0.1) is 7.11 Å². The molecule has 7 heteroatoms. The van der Waals surface area contributed by atoms with E-state index in [-0.39, 0.29) is 18.1 Å². The minimum atomic E-state index is -4.73. The Labute approximate surface area is 137 Å². The standard InChI is InChI=1S/C17H16F3NO3/c1-23-14-7-2-12(3-8-14)4-11-16(22)21-13-5-9-15(10-6-13)24-17(18,19)20/h2-3,5-10H,4,11H2,1H3,(H,21,22). The number of hydrogen-bond donors (Lipinski definition) is 1. The molecule has 0 atom stereocenters. The van der Waals surface area contributed by atoms with Crippen LogP contribution in [0.1, 0.15) is 12.0 Å². The first kappa shape index (κ1) is 17.7. The summed E-state index contributed by atoms with van der Waals surface area (Å²) < 4.78 is 45.0. The van der Waals surface area contributed by atoms with Crippen molar-refractivity contribution in [1.29, 1.82) is 0 Å². The lowest BCUT2D eigenvalue weighted by molar-refractivity contribution is -0.274. The van der Waals surface area contributed by atoms with Gasteiger partial charge in [0.1, 0.15) is 11.5 Å². The Morgan fingerprint density at radius 1 is 1.00 bits per heavy atom. The van der Waals surface area contributed by atoms with Crippen molar-refractivity contribution < 1.29 is 27.4 Å². The quantitative estimate of drug-likeness (QED) is 0.859. The molecule has 0 aromatic heterocycles. The number of anilines is 1. The van der Waals surface area contributed by atoms with Crippen LogP contribution in [0.25, 0.3) is 0 Å². The molecule has 0 aliphatic heterocycles. The number of carbonyl (C=O) groups excluding carboxylic acids is 1. The highest BCUT2D eigenvalue weighted by Gasteiger charge is 2.30. The summed E-state index contributed by atoms with van der Waals surface area (Å²) in [5, 5.41) is 2.62. The van der Waals surface area contributed by atoms with Crippen LogP contribution in [-0.4, -0.2) is 19.4 Å². The Balaban J connectivity index is 1.83. The van der Waals surface area contributed by atoms with E-state index >= 15 is 0 Å². The van der Waals surface area contributed by atoms with Crippen LogP contribution in [0.5, 0.6) is 11.5 Å². The lowest BCUT2D eigenvalue weighted by atomic mass is 10.1. The molecule has 24 heavy (non-hydrogen) atoms. The summed E-state index contributed by atoms with van der Waals surface area (Å²) in [5.41, 5.74) is 1.39. The van der Waals surface area contributed by atoms with Crippen LogP contribution < -0.4 is 14.8 Å². The van der Waals surface area contributed by atoms with Gasteiger partial charge in [0.2, 0.25) is 5.91 Å². The number of amides is 1. The molecule has 128 valence electrons. The molecule has 0 saturated carbocycles. The third-order valence-electron chi connectivity index (χ3n) is 3.17. The molecule has 2 aromatic carbocycles. The van der Waals surface area contributed by atoms with E-state index in [1.54, 1.807) is 7.11 Å². The fourth-order valence-corrected chi connectivity index (χ4v) is 2.01. The van der Waals surface area contributed by atoms with Crippen molar-refractivity contribution in [2.75, 3.05) is 12.4 Å². The zero-order valence-corrected chi connectivity index (χ0v) is 12.9. The summed E-state index contributed by atoms with van der Waals surface area (Å²) >= 11 is 0. The van der Waals surface area contributed by atoms with Gasteiger partial charge in [-0.05, 0) is 48.4 Å². The van der Waals surface area contributed by atoms with Crippen LogP contribution in [0.15, 0.2) is 48.5 Å². The molecule has 0 radical (unpaired) electrons. The van der Waals surface area contributed by atoms with Gasteiger partial charge >= 0.3 is 6.36 Å². The Bertz CT molecular complexity index is 667. The maximum atomic E-state index is 12.1. The zero-order chi connectivity index (χ0) is 17.6. The van der Waals surface area contributed by atoms with E-state index in [0.717, 1.165) is 23.4 Å². The van der Waals surface area contributed by atoms with Gasteiger partial charge in [-0.25, -0.2) is 0 Å². The van der Waals surface area contributed by atoms with Crippen molar-refractivity contribution in [3.05, 3.63) is 54.1 Å². The number of halogens is 3. The van der Waals surface area contributed by atoms with Crippen LogP contribution in [-0.2, 0) is 11.2 Å². The van der Waals surface area contributed by atoms with E-state index in [0.29, 0.717) is 12.1 Å². The van der Waals surface area contributed by atoms with Crippen LogP contribution in [0.4, 0.5) is 18.9 Å². The highest BCUT2D eigenvalue weighted by Crippen LogP contribution is 2.24. The number of carbonyl (C=O) groups is 1. The van der Waals surface area contributed by atoms with Crippen molar-refractivity contribution in [2.24, 2.45) is 0 Å². The van der Waals surface area contributed by atoms with Crippen molar-refractivity contribution in [3.8, 4) is 11.5 Å². The predicted molar refractivity (Wildman–Crippen MR) is 83.1 cm³/mol. The Morgan fingerprint density at radius 3 is 2.12 bits per heavy atom. The topological polar surface area (TPSA) is 47.6 Å². The summed E-state index contributed by atoms with van der Waals surface area (Å²) in [7, 11) is 1.58. The first-order valence-corrected chi connectivity index (χ1v) is 7.14. The van der Waals surface area contributed by atoms with Gasteiger partial charge in [0.25, 0.3) is 0 Å². The number of benzene rings is 2. The van der Waals surface area contributed by atoms with Gasteiger partial charge in [-0.3, -0.25) is 4.79 Å². The van der Waals surface area contributed by atoms with E-state index in [2.05, 4.69) is 10.1 Å². The van der Waals surface area contributed by atoms with Gasteiger partial charge in [-0.15, -0.1) is 13.2 Å². The lowest BCUT2D eigenvalue weighted by Crippen LogP contribution is -2.17. The molecule has 4 nitrogen and oxygen atoms in total. The van der Waals surface area contributed by atoms with Gasteiger partial charge in [0, 0.05) is 12.1 Å². The van der Waals surface area contributed by atoms with Crippen LogP contribution in [0.3, 0.4) is 0 Å². The van der Waals surface area contributed by atoms with Crippen LogP contribution >= 0.6 is 0 Å². The number of methoxy groups -OCH3 is 1. The molecule has 0 unspecified atom stereocenters. The number of hydrogen-bond acceptors (Lipinski definition) is 3. The molecule has 1 amide bonds. The summed E-state index contributed by atoms with van der Waals surface area (Å²) in [5.74, 6) is 0.179. The molecular weight excluding hydrogens is 323 g/mol. The largest absolute Gasteiger partial charge is 0.573 e. The number of alkyl halides is 3. The van der Waals surface area contributed by atoms with Crippen molar-refractivity contribution in [3.63, 3.8) is 0 Å². The molecule has 0 heterocycles. The second kappa shape index (κ2) is 7.72. The van der Waals surface area contributed by atoms with Crippen LogP contribution in [0.2, 0.25) is 0 Å². The molecule has 0 fully saturated rings. The van der Waals surface area contributed by atoms with Gasteiger partial charge in [-0.1, -0.05) is 12.1 Å². The monoisotopic (exact) mass is 339 g/mol. The van der Waals surface area contributed by atoms with Gasteiger partial charge in [-0.2, -0.15) is 0 Å². The minimum Gasteiger partial charge on any atom is -0.497 e. The average Bonchev–Trinajstić information content (AvgIpc) is 2.54. The molecule has 0 spiro atoms. The first-order chi connectivity index (χ1) is 11.4. The maximum Gasteiger partial charge on any atom is 0.573 e. The highest BCUT2D eigenvalue weighted by molar-refractivity contribution is 5.90. The Hall–Kier alpha value is -2.70. The molecular formula is C17H16F3NO3. The summed E-state index contributed by atoms with van der Waals surface area (Å²) in [4.78, 5) is 11.9. The van der Waals surface area contributed by atoms with E-state index in [1.165, 1.54) is 12.1 Å². The molecule has 0 saturated heterocycles. The van der Waals surface area contributed by atoms with Crippen molar-refractivity contribution in [2.45, 2.75) is 19.2 Å². The Kier molecular flexibility index (Phi) is 5.68. The molecule has 1 N–H and O–H groups in total. The molecule has 0 aliphatic rings. The number of rotatable bonds is 6. The number of ether oxygens (including phenoxy) is 2. The smallest absolute Gasteiger partial charge is 0.497 e.